The van der Waals surface area contributed by atoms with Gasteiger partial charge in [0.15, 0.2) is 17.3 Å². The number of nitrogens with two attached hydrogens (primary N) is 1. The molecule has 2 fully saturated rings. The first-order valence-electron chi connectivity index (χ1n) is 9.75. The third kappa shape index (κ3) is 3.90. The van der Waals surface area contributed by atoms with E-state index in [1.165, 1.54) is 11.1 Å². The van der Waals surface area contributed by atoms with Crippen molar-refractivity contribution in [3.05, 3.63) is 59.0 Å². The molecule has 2 N–H and O–H groups in total. The third-order valence-corrected chi connectivity index (χ3v) is 5.32. The molecule has 0 saturated carbocycles. The van der Waals surface area contributed by atoms with Gasteiger partial charge in [0.25, 0.3) is 5.91 Å². The molecule has 9 heteroatoms. The Morgan fingerprint density at radius 2 is 1.93 bits per heavy atom. The summed E-state index contributed by atoms with van der Waals surface area (Å²) in [4.78, 5) is 32.6. The minimum Gasteiger partial charge on any atom is -0.380 e. The highest BCUT2D eigenvalue weighted by molar-refractivity contribution is 6.30. The standard InChI is InChI=1S/C19H18ClFN4O3.C2H6/c20-14-6-15(21)17(23-7-14)24-9-16(26)25(8-12-4-2-1-3-5-12)19(22,18(24)27)13-10-28-11-13;1-2/h1-7,13H,8-11,22H2;1-2H3. The van der Waals surface area contributed by atoms with Gasteiger partial charge < -0.3 is 15.4 Å². The SMILES string of the molecule is CC.NC1(C2COC2)C(=O)N(c2ncc(Cl)cc2F)CC(=O)N1Cc1ccccc1. The first-order valence-corrected chi connectivity index (χ1v) is 10.1. The number of anilines is 1. The van der Waals surface area contributed by atoms with Crippen LogP contribution in [0.3, 0.4) is 0 Å². The molecule has 2 aliphatic rings. The van der Waals surface area contributed by atoms with Crippen LogP contribution in [0.5, 0.6) is 0 Å². The first-order chi connectivity index (χ1) is 14.4. The number of ether oxygens (including phenoxy) is 1. The third-order valence-electron chi connectivity index (χ3n) is 5.12. The van der Waals surface area contributed by atoms with Gasteiger partial charge in [-0.05, 0) is 11.6 Å². The monoisotopic (exact) mass is 434 g/mol. The first kappa shape index (κ1) is 22.1. The number of piperazine rings is 1. The van der Waals surface area contributed by atoms with E-state index in [1.807, 2.05) is 44.2 Å². The molecule has 30 heavy (non-hydrogen) atoms. The van der Waals surface area contributed by atoms with Crippen LogP contribution in [0.4, 0.5) is 10.2 Å². The Morgan fingerprint density at radius 1 is 1.27 bits per heavy atom. The number of hydrogen-bond donors (Lipinski definition) is 1. The molecule has 0 bridgehead atoms. The van der Waals surface area contributed by atoms with Gasteiger partial charge in [-0.2, -0.15) is 0 Å². The number of carbonyl (C=O) groups excluding carboxylic acids is 2. The van der Waals surface area contributed by atoms with E-state index in [0.29, 0.717) is 0 Å². The molecule has 2 saturated heterocycles. The molecule has 4 rings (SSSR count). The number of rotatable bonds is 4. The summed E-state index contributed by atoms with van der Waals surface area (Å²) in [5, 5.41) is 0.0918. The Balaban J connectivity index is 0.00000124. The number of hydrogen-bond acceptors (Lipinski definition) is 5. The molecule has 0 aliphatic carbocycles. The van der Waals surface area contributed by atoms with Crippen molar-refractivity contribution in [3.8, 4) is 0 Å². The Kier molecular flexibility index (Phi) is 6.70. The molecule has 1 atom stereocenters. The van der Waals surface area contributed by atoms with Crippen molar-refractivity contribution in [1.82, 2.24) is 9.88 Å². The van der Waals surface area contributed by atoms with Gasteiger partial charge in [0.05, 0.1) is 24.2 Å². The number of aromatic nitrogens is 1. The Morgan fingerprint density at radius 3 is 2.50 bits per heavy atom. The number of halogens is 2. The van der Waals surface area contributed by atoms with Gasteiger partial charge >= 0.3 is 0 Å². The molecule has 3 heterocycles. The zero-order valence-electron chi connectivity index (χ0n) is 16.8. The van der Waals surface area contributed by atoms with Crippen molar-refractivity contribution >= 4 is 29.2 Å². The van der Waals surface area contributed by atoms with Crippen LogP contribution in [0.1, 0.15) is 19.4 Å². The van der Waals surface area contributed by atoms with Crippen molar-refractivity contribution in [3.63, 3.8) is 0 Å². The predicted molar refractivity (Wildman–Crippen MR) is 111 cm³/mol. The van der Waals surface area contributed by atoms with Crippen LogP contribution in [0, 0.1) is 11.7 Å². The summed E-state index contributed by atoms with van der Waals surface area (Å²) in [6.45, 7) is 4.29. The van der Waals surface area contributed by atoms with Crippen molar-refractivity contribution < 1.29 is 18.7 Å². The fourth-order valence-corrected chi connectivity index (χ4v) is 3.62. The van der Waals surface area contributed by atoms with Crippen molar-refractivity contribution in [2.24, 2.45) is 11.7 Å². The van der Waals surface area contributed by atoms with Crippen LogP contribution < -0.4 is 10.6 Å². The van der Waals surface area contributed by atoms with Crippen molar-refractivity contribution in [2.45, 2.75) is 26.1 Å². The number of nitrogens with zero attached hydrogens (tertiary/aromatic N) is 3. The quantitative estimate of drug-likeness (QED) is 0.798. The Bertz CT molecular complexity index is 926. The molecule has 1 unspecified atom stereocenters. The highest BCUT2D eigenvalue weighted by Crippen LogP contribution is 2.35. The summed E-state index contributed by atoms with van der Waals surface area (Å²) >= 11 is 5.75. The second kappa shape index (κ2) is 9.07. The largest absolute Gasteiger partial charge is 0.380 e. The lowest BCUT2D eigenvalue weighted by Crippen LogP contribution is -2.78. The van der Waals surface area contributed by atoms with E-state index in [9.17, 15) is 14.0 Å². The van der Waals surface area contributed by atoms with E-state index in [2.05, 4.69) is 4.98 Å². The van der Waals surface area contributed by atoms with Crippen LogP contribution in [-0.2, 0) is 20.9 Å². The molecular weight excluding hydrogens is 411 g/mol. The highest BCUT2D eigenvalue weighted by Gasteiger charge is 2.57. The van der Waals surface area contributed by atoms with E-state index in [4.69, 9.17) is 22.1 Å². The Labute approximate surface area is 179 Å². The molecule has 2 aliphatic heterocycles. The van der Waals surface area contributed by atoms with E-state index >= 15 is 0 Å². The summed E-state index contributed by atoms with van der Waals surface area (Å²) < 4.78 is 19.6. The minimum atomic E-state index is -1.66. The molecule has 1 aromatic carbocycles. The van der Waals surface area contributed by atoms with E-state index in [1.54, 1.807) is 0 Å². The van der Waals surface area contributed by atoms with Gasteiger partial charge in [-0.25, -0.2) is 9.37 Å². The molecule has 7 nitrogen and oxygen atoms in total. The van der Waals surface area contributed by atoms with Gasteiger partial charge in [-0.3, -0.25) is 14.5 Å². The lowest BCUT2D eigenvalue weighted by molar-refractivity contribution is -0.171. The fourth-order valence-electron chi connectivity index (χ4n) is 3.48. The van der Waals surface area contributed by atoms with Gasteiger partial charge in [0.2, 0.25) is 5.91 Å². The van der Waals surface area contributed by atoms with Crippen LogP contribution in [0.25, 0.3) is 0 Å². The topological polar surface area (TPSA) is 88.8 Å². The molecule has 160 valence electrons. The lowest BCUT2D eigenvalue weighted by Gasteiger charge is -2.52. The van der Waals surface area contributed by atoms with Crippen LogP contribution in [-0.4, -0.2) is 47.1 Å². The van der Waals surface area contributed by atoms with Gasteiger partial charge in [-0.15, -0.1) is 0 Å². The summed E-state index contributed by atoms with van der Waals surface area (Å²) in [6.07, 6.45) is 1.22. The van der Waals surface area contributed by atoms with Gasteiger partial charge in [-0.1, -0.05) is 55.8 Å². The number of amides is 2. The van der Waals surface area contributed by atoms with Crippen molar-refractivity contribution in [2.75, 3.05) is 24.7 Å². The zero-order valence-corrected chi connectivity index (χ0v) is 17.6. The summed E-state index contributed by atoms with van der Waals surface area (Å²) in [5.41, 5.74) is 5.74. The van der Waals surface area contributed by atoms with Gasteiger partial charge in [0, 0.05) is 12.7 Å². The van der Waals surface area contributed by atoms with E-state index < -0.39 is 29.2 Å². The molecule has 2 aromatic rings. The average molecular weight is 435 g/mol. The van der Waals surface area contributed by atoms with Gasteiger partial charge in [0.1, 0.15) is 6.54 Å². The Hall–Kier alpha value is -2.55. The van der Waals surface area contributed by atoms with Crippen molar-refractivity contribution in [1.29, 1.82) is 0 Å². The number of pyridine rings is 1. The normalized spacial score (nSPS) is 21.8. The maximum Gasteiger partial charge on any atom is 0.270 e. The predicted octanol–water partition coefficient (Wildman–Crippen LogP) is 2.58. The summed E-state index contributed by atoms with van der Waals surface area (Å²) in [5.74, 6) is -2.44. The highest BCUT2D eigenvalue weighted by atomic mass is 35.5. The molecule has 2 amide bonds. The zero-order chi connectivity index (χ0) is 21.9. The number of carbonyl (C=O) groups is 2. The maximum atomic E-state index is 14.4. The van der Waals surface area contributed by atoms with Crippen LogP contribution >= 0.6 is 11.6 Å². The fraction of sp³-hybridized carbons (Fsp3) is 0.381. The summed E-state index contributed by atoms with van der Waals surface area (Å²) in [7, 11) is 0. The van der Waals surface area contributed by atoms with Crippen LogP contribution in [0.15, 0.2) is 42.6 Å². The molecule has 0 radical (unpaired) electrons. The van der Waals surface area contributed by atoms with E-state index in [-0.39, 0.29) is 37.1 Å². The molecule has 1 aromatic heterocycles. The lowest BCUT2D eigenvalue weighted by atomic mass is 9.86. The molecule has 0 spiro atoms. The second-order valence-corrected chi connectivity index (χ2v) is 7.31. The van der Waals surface area contributed by atoms with Crippen LogP contribution in [0.2, 0.25) is 5.02 Å². The summed E-state index contributed by atoms with van der Waals surface area (Å²) in [6, 6.07) is 10.3. The molecular formula is C21H24ClFN4O3. The maximum absolute atomic E-state index is 14.4. The van der Waals surface area contributed by atoms with E-state index in [0.717, 1.165) is 16.5 Å². The smallest absolute Gasteiger partial charge is 0.270 e. The number of benzene rings is 1. The second-order valence-electron chi connectivity index (χ2n) is 6.88. The minimum absolute atomic E-state index is 0.0918. The average Bonchev–Trinajstić information content (AvgIpc) is 2.70.